The number of nitrogens with zero attached hydrogens (tertiary/aromatic N) is 1. The highest BCUT2D eigenvalue weighted by atomic mass is 32.2. The Bertz CT molecular complexity index is 391. The molecule has 3 nitrogen and oxygen atoms in total. The molecule has 0 unspecified atom stereocenters. The summed E-state index contributed by atoms with van der Waals surface area (Å²) < 4.78 is 2.08. The third-order valence-electron chi connectivity index (χ3n) is 3.60. The summed E-state index contributed by atoms with van der Waals surface area (Å²) in [4.78, 5) is 11.5. The third kappa shape index (κ3) is 4.18. The van der Waals surface area contributed by atoms with Crippen molar-refractivity contribution in [1.29, 1.82) is 0 Å². The van der Waals surface area contributed by atoms with Gasteiger partial charge in [0, 0.05) is 36.6 Å². The summed E-state index contributed by atoms with van der Waals surface area (Å²) in [5.41, 5.74) is 0.0708. The van der Waals surface area contributed by atoms with Crippen molar-refractivity contribution in [3.63, 3.8) is 0 Å². The first-order valence-electron chi connectivity index (χ1n) is 6.59. The van der Waals surface area contributed by atoms with Crippen molar-refractivity contribution in [2.45, 2.75) is 38.0 Å². The molecule has 1 N–H and O–H groups in total. The summed E-state index contributed by atoms with van der Waals surface area (Å²) in [6.07, 6.45) is 6.35. The van der Waals surface area contributed by atoms with Crippen LogP contribution in [0.1, 0.15) is 26.7 Å². The molecule has 1 aromatic heterocycles. The molecular formula is C14H24N2OS. The van der Waals surface area contributed by atoms with Gasteiger partial charge in [0.15, 0.2) is 0 Å². The first kappa shape index (κ1) is 15.3. The molecule has 0 saturated carbocycles. The van der Waals surface area contributed by atoms with Gasteiger partial charge < -0.3 is 9.88 Å². The van der Waals surface area contributed by atoms with E-state index in [0.717, 1.165) is 19.6 Å². The van der Waals surface area contributed by atoms with Crippen LogP contribution in [-0.2, 0) is 6.54 Å². The van der Waals surface area contributed by atoms with Gasteiger partial charge in [0.25, 0.3) is 5.56 Å². The Balaban J connectivity index is 2.39. The van der Waals surface area contributed by atoms with Crippen molar-refractivity contribution < 1.29 is 0 Å². The summed E-state index contributed by atoms with van der Waals surface area (Å²) in [5, 5.41) is 3.47. The molecule has 0 amide bonds. The molecule has 0 spiro atoms. The molecule has 0 saturated heterocycles. The Morgan fingerprint density at radius 2 is 2.06 bits per heavy atom. The average Bonchev–Trinajstić information content (AvgIpc) is 2.42. The number of rotatable bonds is 8. The minimum atomic E-state index is 0.0708. The van der Waals surface area contributed by atoms with Crippen LogP contribution in [0.15, 0.2) is 29.2 Å². The molecule has 0 aliphatic rings. The minimum absolute atomic E-state index is 0.0708. The van der Waals surface area contributed by atoms with Gasteiger partial charge >= 0.3 is 0 Å². The lowest BCUT2D eigenvalue weighted by Gasteiger charge is -2.30. The van der Waals surface area contributed by atoms with Crippen LogP contribution in [0.5, 0.6) is 0 Å². The lowest BCUT2D eigenvalue weighted by atomic mass is 10.0. The van der Waals surface area contributed by atoms with Crippen molar-refractivity contribution in [3.05, 3.63) is 34.7 Å². The van der Waals surface area contributed by atoms with Gasteiger partial charge in [-0.2, -0.15) is 11.8 Å². The van der Waals surface area contributed by atoms with Crippen molar-refractivity contribution in [1.82, 2.24) is 9.88 Å². The second-order valence-corrected chi connectivity index (χ2v) is 5.78. The second kappa shape index (κ2) is 7.64. The van der Waals surface area contributed by atoms with E-state index in [-0.39, 0.29) is 5.56 Å². The normalized spacial score (nSPS) is 11.7. The van der Waals surface area contributed by atoms with E-state index < -0.39 is 0 Å². The third-order valence-corrected chi connectivity index (χ3v) is 5.19. The standard InChI is InChI=1S/C14H24N2OS/c1-4-14(5-2,18-3)12-15-9-11-16-10-7-6-8-13(16)17/h6-8,10,15H,4-5,9,11-12H2,1-3H3. The van der Waals surface area contributed by atoms with E-state index in [1.54, 1.807) is 16.7 Å². The smallest absolute Gasteiger partial charge is 0.250 e. The number of hydrogen-bond acceptors (Lipinski definition) is 3. The Morgan fingerprint density at radius 3 is 2.61 bits per heavy atom. The lowest BCUT2D eigenvalue weighted by Crippen LogP contribution is -2.38. The lowest BCUT2D eigenvalue weighted by molar-refractivity contribution is 0.480. The average molecular weight is 268 g/mol. The van der Waals surface area contributed by atoms with Crippen molar-refractivity contribution in [2.75, 3.05) is 19.3 Å². The highest BCUT2D eigenvalue weighted by molar-refractivity contribution is 8.00. The van der Waals surface area contributed by atoms with Crippen LogP contribution in [0, 0.1) is 0 Å². The fraction of sp³-hybridized carbons (Fsp3) is 0.643. The molecule has 0 bridgehead atoms. The van der Waals surface area contributed by atoms with Crippen molar-refractivity contribution in [2.24, 2.45) is 0 Å². The summed E-state index contributed by atoms with van der Waals surface area (Å²) in [7, 11) is 0. The highest BCUT2D eigenvalue weighted by Crippen LogP contribution is 2.29. The van der Waals surface area contributed by atoms with Crippen LogP contribution in [-0.4, -0.2) is 28.7 Å². The molecule has 1 aromatic rings. The van der Waals surface area contributed by atoms with E-state index in [4.69, 9.17) is 0 Å². The van der Waals surface area contributed by atoms with Gasteiger partial charge in [-0.25, -0.2) is 0 Å². The molecule has 0 radical (unpaired) electrons. The predicted octanol–water partition coefficient (Wildman–Crippen LogP) is 2.36. The van der Waals surface area contributed by atoms with Crippen LogP contribution in [0.4, 0.5) is 0 Å². The maximum absolute atomic E-state index is 11.5. The van der Waals surface area contributed by atoms with E-state index in [0.29, 0.717) is 4.75 Å². The monoisotopic (exact) mass is 268 g/mol. The molecule has 4 heteroatoms. The number of pyridine rings is 1. The molecule has 1 heterocycles. The molecular weight excluding hydrogens is 244 g/mol. The molecule has 1 rings (SSSR count). The Kier molecular flexibility index (Phi) is 6.50. The Labute approximate surface area is 114 Å². The van der Waals surface area contributed by atoms with Gasteiger partial charge in [-0.1, -0.05) is 19.9 Å². The summed E-state index contributed by atoms with van der Waals surface area (Å²) >= 11 is 1.94. The summed E-state index contributed by atoms with van der Waals surface area (Å²) in [5.74, 6) is 0. The number of aromatic nitrogens is 1. The number of nitrogens with one attached hydrogen (secondary N) is 1. The molecule has 0 aliphatic carbocycles. The fourth-order valence-electron chi connectivity index (χ4n) is 2.02. The number of thioether (sulfide) groups is 1. The predicted molar refractivity (Wildman–Crippen MR) is 80.4 cm³/mol. The van der Waals surface area contributed by atoms with Gasteiger partial charge in [0.1, 0.15) is 0 Å². The van der Waals surface area contributed by atoms with Crippen LogP contribution < -0.4 is 10.9 Å². The first-order valence-corrected chi connectivity index (χ1v) is 7.81. The topological polar surface area (TPSA) is 34.0 Å². The van der Waals surface area contributed by atoms with Gasteiger partial charge in [-0.05, 0) is 25.2 Å². The van der Waals surface area contributed by atoms with Crippen LogP contribution in [0.3, 0.4) is 0 Å². The van der Waals surface area contributed by atoms with E-state index in [1.165, 1.54) is 12.8 Å². The quantitative estimate of drug-likeness (QED) is 0.735. The number of hydrogen-bond donors (Lipinski definition) is 1. The van der Waals surface area contributed by atoms with E-state index >= 15 is 0 Å². The molecule has 0 atom stereocenters. The van der Waals surface area contributed by atoms with Gasteiger partial charge in [0.05, 0.1) is 0 Å². The van der Waals surface area contributed by atoms with Crippen LogP contribution in [0.25, 0.3) is 0 Å². The molecule has 18 heavy (non-hydrogen) atoms. The molecule has 0 aromatic carbocycles. The van der Waals surface area contributed by atoms with Gasteiger partial charge in [0.2, 0.25) is 0 Å². The van der Waals surface area contributed by atoms with Crippen LogP contribution in [0.2, 0.25) is 0 Å². The Hall–Kier alpha value is -0.740. The molecule has 0 aliphatic heterocycles. The van der Waals surface area contributed by atoms with Crippen molar-refractivity contribution >= 4 is 11.8 Å². The molecule has 0 fully saturated rings. The maximum Gasteiger partial charge on any atom is 0.250 e. The second-order valence-electron chi connectivity index (χ2n) is 4.50. The van der Waals surface area contributed by atoms with Gasteiger partial charge in [-0.3, -0.25) is 4.79 Å². The maximum atomic E-state index is 11.5. The summed E-state index contributed by atoms with van der Waals surface area (Å²) in [6.45, 7) is 7.05. The SMILES string of the molecule is CCC(CC)(CNCCn1ccccc1=O)SC. The minimum Gasteiger partial charge on any atom is -0.314 e. The zero-order chi connectivity index (χ0) is 13.4. The van der Waals surface area contributed by atoms with E-state index in [1.807, 2.05) is 24.0 Å². The molecule has 102 valence electrons. The van der Waals surface area contributed by atoms with E-state index in [9.17, 15) is 4.79 Å². The fourth-order valence-corrected chi connectivity index (χ4v) is 2.85. The highest BCUT2D eigenvalue weighted by Gasteiger charge is 2.23. The zero-order valence-corrected chi connectivity index (χ0v) is 12.4. The Morgan fingerprint density at radius 1 is 1.33 bits per heavy atom. The van der Waals surface area contributed by atoms with Crippen LogP contribution >= 0.6 is 11.8 Å². The van der Waals surface area contributed by atoms with Crippen molar-refractivity contribution in [3.8, 4) is 0 Å². The van der Waals surface area contributed by atoms with E-state index in [2.05, 4.69) is 25.4 Å². The van der Waals surface area contributed by atoms with Gasteiger partial charge in [-0.15, -0.1) is 0 Å². The zero-order valence-electron chi connectivity index (χ0n) is 11.6. The summed E-state index contributed by atoms with van der Waals surface area (Å²) in [6, 6.07) is 5.27. The largest absolute Gasteiger partial charge is 0.314 e. The first-order chi connectivity index (χ1) is 8.67.